The van der Waals surface area contributed by atoms with Crippen molar-refractivity contribution in [3.63, 3.8) is 0 Å². The Balaban J connectivity index is 1.60. The summed E-state index contributed by atoms with van der Waals surface area (Å²) < 4.78 is 0. The fourth-order valence-corrected chi connectivity index (χ4v) is 4.47. The molecule has 1 saturated heterocycles. The third-order valence-corrected chi connectivity index (χ3v) is 5.79. The standard InChI is InChI=1S/C15H17NO4/c17-12-10-8-2-3-9(6-8)11(10)13(18)16(12)7-15(14(19)20)4-1-5-15/h2-3,8-11H,1,4-7H2,(H,19,20). The van der Waals surface area contributed by atoms with E-state index in [1.54, 1.807) is 0 Å². The van der Waals surface area contributed by atoms with Crippen LogP contribution in [0.2, 0.25) is 0 Å². The lowest BCUT2D eigenvalue weighted by Crippen LogP contribution is -2.50. The maximum atomic E-state index is 12.5. The lowest BCUT2D eigenvalue weighted by atomic mass is 9.68. The van der Waals surface area contributed by atoms with Gasteiger partial charge >= 0.3 is 5.97 Å². The molecule has 1 heterocycles. The Morgan fingerprint density at radius 3 is 2.15 bits per heavy atom. The first-order valence-electron chi connectivity index (χ1n) is 7.30. The number of carbonyl (C=O) groups excluding carboxylic acids is 2. The molecule has 2 saturated carbocycles. The van der Waals surface area contributed by atoms with Crippen molar-refractivity contribution in [2.75, 3.05) is 6.54 Å². The summed E-state index contributed by atoms with van der Waals surface area (Å²) in [5.41, 5.74) is -0.879. The minimum Gasteiger partial charge on any atom is -0.481 e. The van der Waals surface area contributed by atoms with Crippen LogP contribution < -0.4 is 0 Å². The second kappa shape index (κ2) is 3.71. The predicted octanol–water partition coefficient (Wildman–Crippen LogP) is 1.05. The number of amides is 2. The molecule has 20 heavy (non-hydrogen) atoms. The monoisotopic (exact) mass is 275 g/mol. The molecule has 4 unspecified atom stereocenters. The van der Waals surface area contributed by atoms with E-state index >= 15 is 0 Å². The summed E-state index contributed by atoms with van der Waals surface area (Å²) in [7, 11) is 0. The summed E-state index contributed by atoms with van der Waals surface area (Å²) in [6, 6.07) is 0. The van der Waals surface area contributed by atoms with E-state index in [0.29, 0.717) is 12.8 Å². The summed E-state index contributed by atoms with van der Waals surface area (Å²) in [4.78, 5) is 37.7. The van der Waals surface area contributed by atoms with Gasteiger partial charge in [-0.2, -0.15) is 0 Å². The Kier molecular flexibility index (Phi) is 2.25. The normalized spacial score (nSPS) is 40.1. The van der Waals surface area contributed by atoms with E-state index in [1.165, 1.54) is 4.90 Å². The van der Waals surface area contributed by atoms with Crippen molar-refractivity contribution in [2.24, 2.45) is 29.1 Å². The number of carboxylic acid groups (broad SMARTS) is 1. The van der Waals surface area contributed by atoms with Crippen LogP contribution in [-0.2, 0) is 14.4 Å². The van der Waals surface area contributed by atoms with E-state index in [1.807, 2.05) is 0 Å². The molecule has 5 heteroatoms. The van der Waals surface area contributed by atoms with Crippen molar-refractivity contribution < 1.29 is 19.5 Å². The van der Waals surface area contributed by atoms with Gasteiger partial charge in [0, 0.05) is 6.54 Å². The van der Waals surface area contributed by atoms with Crippen LogP contribution in [-0.4, -0.2) is 34.3 Å². The average molecular weight is 275 g/mol. The third-order valence-electron chi connectivity index (χ3n) is 5.79. The number of aliphatic carboxylic acids is 1. The van der Waals surface area contributed by atoms with Crippen molar-refractivity contribution in [2.45, 2.75) is 25.7 Å². The second-order valence-corrected chi connectivity index (χ2v) is 6.70. The highest BCUT2D eigenvalue weighted by molar-refractivity contribution is 6.06. The van der Waals surface area contributed by atoms with Crippen LogP contribution >= 0.6 is 0 Å². The number of imide groups is 1. The van der Waals surface area contributed by atoms with Crippen LogP contribution in [0.4, 0.5) is 0 Å². The fraction of sp³-hybridized carbons (Fsp3) is 0.667. The minimum absolute atomic E-state index is 0.0758. The van der Waals surface area contributed by atoms with Crippen LogP contribution in [0.1, 0.15) is 25.7 Å². The summed E-state index contributed by atoms with van der Waals surface area (Å²) in [5, 5.41) is 9.37. The van der Waals surface area contributed by atoms with Gasteiger partial charge in [0.1, 0.15) is 0 Å². The van der Waals surface area contributed by atoms with Crippen molar-refractivity contribution in [1.29, 1.82) is 0 Å². The molecule has 2 amide bonds. The van der Waals surface area contributed by atoms with Gasteiger partial charge in [-0.05, 0) is 31.1 Å². The van der Waals surface area contributed by atoms with Gasteiger partial charge in [-0.15, -0.1) is 0 Å². The number of fused-ring (bicyclic) bond motifs is 5. The van der Waals surface area contributed by atoms with E-state index in [9.17, 15) is 19.5 Å². The van der Waals surface area contributed by atoms with E-state index in [0.717, 1.165) is 12.8 Å². The molecule has 0 spiro atoms. The Bertz CT molecular complexity index is 518. The van der Waals surface area contributed by atoms with Crippen LogP contribution in [0.15, 0.2) is 12.2 Å². The molecule has 4 atom stereocenters. The van der Waals surface area contributed by atoms with Crippen LogP contribution in [0.3, 0.4) is 0 Å². The molecule has 3 fully saturated rings. The molecule has 0 radical (unpaired) electrons. The summed E-state index contributed by atoms with van der Waals surface area (Å²) in [5.74, 6) is -1.20. The summed E-state index contributed by atoms with van der Waals surface area (Å²) in [6.45, 7) is 0.0758. The van der Waals surface area contributed by atoms with Crippen molar-refractivity contribution >= 4 is 17.8 Å². The summed E-state index contributed by atoms with van der Waals surface area (Å²) >= 11 is 0. The van der Waals surface area contributed by atoms with Gasteiger partial charge in [0.25, 0.3) is 0 Å². The smallest absolute Gasteiger partial charge is 0.311 e. The molecule has 5 nitrogen and oxygen atoms in total. The van der Waals surface area contributed by atoms with Crippen molar-refractivity contribution in [3.05, 3.63) is 12.2 Å². The molecule has 0 aromatic carbocycles. The SMILES string of the molecule is O=C1C2C3C=CC(C3)C2C(=O)N1CC1(C(=O)O)CCC1. The number of nitrogens with zero attached hydrogens (tertiary/aromatic N) is 1. The number of allylic oxidation sites excluding steroid dienone is 2. The molecule has 4 aliphatic rings. The highest BCUT2D eigenvalue weighted by Gasteiger charge is 2.61. The highest BCUT2D eigenvalue weighted by atomic mass is 16.4. The zero-order valence-corrected chi connectivity index (χ0v) is 11.1. The largest absolute Gasteiger partial charge is 0.481 e. The molecule has 0 aromatic heterocycles. The molecule has 1 N–H and O–H groups in total. The second-order valence-electron chi connectivity index (χ2n) is 6.70. The molecule has 106 valence electrons. The van der Waals surface area contributed by atoms with Crippen LogP contribution in [0, 0.1) is 29.1 Å². The van der Waals surface area contributed by atoms with Crippen LogP contribution in [0.25, 0.3) is 0 Å². The lowest BCUT2D eigenvalue weighted by Gasteiger charge is -2.40. The Morgan fingerprint density at radius 2 is 1.75 bits per heavy atom. The lowest BCUT2D eigenvalue weighted by molar-refractivity contribution is -0.159. The fourth-order valence-electron chi connectivity index (χ4n) is 4.47. The molecular weight excluding hydrogens is 258 g/mol. The quantitative estimate of drug-likeness (QED) is 0.617. The van der Waals surface area contributed by atoms with Gasteiger partial charge in [0.2, 0.25) is 11.8 Å². The van der Waals surface area contributed by atoms with Gasteiger partial charge in [-0.25, -0.2) is 0 Å². The maximum absolute atomic E-state index is 12.5. The molecule has 3 aliphatic carbocycles. The predicted molar refractivity (Wildman–Crippen MR) is 68.4 cm³/mol. The first kappa shape index (κ1) is 12.1. The third kappa shape index (κ3) is 1.30. The molecule has 2 bridgehead atoms. The molecule has 4 rings (SSSR count). The van der Waals surface area contributed by atoms with Crippen molar-refractivity contribution in [1.82, 2.24) is 4.90 Å². The number of hydrogen-bond acceptors (Lipinski definition) is 3. The number of carboxylic acids is 1. The minimum atomic E-state index is -0.879. The van der Waals surface area contributed by atoms with Gasteiger partial charge in [0.15, 0.2) is 0 Å². The first-order chi connectivity index (χ1) is 9.53. The van der Waals surface area contributed by atoms with Crippen molar-refractivity contribution in [3.8, 4) is 0 Å². The molecular formula is C15H17NO4. The number of rotatable bonds is 3. The number of hydrogen-bond donors (Lipinski definition) is 1. The van der Waals surface area contributed by atoms with E-state index in [2.05, 4.69) is 12.2 Å². The zero-order chi connectivity index (χ0) is 14.1. The first-order valence-corrected chi connectivity index (χ1v) is 7.30. The van der Waals surface area contributed by atoms with Crippen LogP contribution in [0.5, 0.6) is 0 Å². The van der Waals surface area contributed by atoms with Gasteiger partial charge in [-0.3, -0.25) is 19.3 Å². The van der Waals surface area contributed by atoms with Gasteiger partial charge < -0.3 is 5.11 Å². The van der Waals surface area contributed by atoms with E-state index in [-0.39, 0.29) is 42.0 Å². The average Bonchev–Trinajstić information content (AvgIpc) is 3.00. The maximum Gasteiger partial charge on any atom is 0.311 e. The van der Waals surface area contributed by atoms with E-state index < -0.39 is 11.4 Å². The van der Waals surface area contributed by atoms with Gasteiger partial charge in [-0.1, -0.05) is 18.6 Å². The Hall–Kier alpha value is -1.65. The number of carbonyl (C=O) groups is 3. The molecule has 1 aliphatic heterocycles. The van der Waals surface area contributed by atoms with Gasteiger partial charge in [0.05, 0.1) is 17.3 Å². The Morgan fingerprint density at radius 1 is 1.20 bits per heavy atom. The highest BCUT2D eigenvalue weighted by Crippen LogP contribution is 2.53. The summed E-state index contributed by atoms with van der Waals surface area (Å²) in [6.07, 6.45) is 7.01. The van der Waals surface area contributed by atoms with E-state index in [4.69, 9.17) is 0 Å². The topological polar surface area (TPSA) is 74.7 Å². The Labute approximate surface area is 116 Å². The zero-order valence-electron chi connectivity index (χ0n) is 11.1. The molecule has 0 aromatic rings. The number of likely N-dealkylation sites (tertiary alicyclic amines) is 1.